The van der Waals surface area contributed by atoms with E-state index in [0.717, 1.165) is 29.3 Å². The average Bonchev–Trinajstić information content (AvgIpc) is 3.14. The molecule has 3 rings (SSSR count). The maximum atomic E-state index is 12.4. The molecule has 1 unspecified atom stereocenters. The van der Waals surface area contributed by atoms with Crippen LogP contribution >= 0.6 is 0 Å². The monoisotopic (exact) mass is 300 g/mol. The van der Waals surface area contributed by atoms with Gasteiger partial charge < -0.3 is 15.4 Å². The summed E-state index contributed by atoms with van der Waals surface area (Å²) in [6, 6.07) is 6.12. The van der Waals surface area contributed by atoms with E-state index in [0.29, 0.717) is 18.2 Å². The highest BCUT2D eigenvalue weighted by Gasteiger charge is 2.24. The van der Waals surface area contributed by atoms with Crippen LogP contribution < -0.4 is 5.32 Å². The minimum absolute atomic E-state index is 0.136. The fourth-order valence-electron chi connectivity index (χ4n) is 3.46. The second-order valence-corrected chi connectivity index (χ2v) is 6.50. The Kier molecular flexibility index (Phi) is 4.21. The van der Waals surface area contributed by atoms with E-state index in [4.69, 9.17) is 0 Å². The predicted octanol–water partition coefficient (Wildman–Crippen LogP) is 3.07. The van der Waals surface area contributed by atoms with Crippen molar-refractivity contribution in [3.63, 3.8) is 0 Å². The van der Waals surface area contributed by atoms with Crippen LogP contribution in [0.15, 0.2) is 18.2 Å². The average molecular weight is 300 g/mol. The number of hydrogen-bond donors (Lipinski definition) is 3. The molecule has 1 amide bonds. The Labute approximate surface area is 130 Å². The fraction of sp³-hybridized carbons (Fsp3) is 0.500. The van der Waals surface area contributed by atoms with E-state index in [2.05, 4.69) is 16.4 Å². The number of aliphatic hydroxyl groups excluding tert-OH is 1. The van der Waals surface area contributed by atoms with E-state index in [1.54, 1.807) is 0 Å². The summed E-state index contributed by atoms with van der Waals surface area (Å²) >= 11 is 0. The minimum atomic E-state index is -0.432. The first kappa shape index (κ1) is 15.1. The van der Waals surface area contributed by atoms with Gasteiger partial charge in [-0.15, -0.1) is 0 Å². The number of aromatic nitrogens is 1. The van der Waals surface area contributed by atoms with Gasteiger partial charge in [-0.1, -0.05) is 24.5 Å². The Morgan fingerprint density at radius 1 is 1.36 bits per heavy atom. The smallest absolute Gasteiger partial charge is 0.268 e. The lowest BCUT2D eigenvalue weighted by Gasteiger charge is -2.17. The van der Waals surface area contributed by atoms with Gasteiger partial charge in [0.1, 0.15) is 5.69 Å². The standard InChI is InChI=1S/C18H24N2O2/c1-11-7-8-15-14(9-11)12(2)17(20-15)18(22)19-10-16(21)13-5-3-4-6-13/h7-9,13,16,20-21H,3-6,10H2,1-2H3,(H,19,22). The van der Waals surface area contributed by atoms with Gasteiger partial charge in [0.15, 0.2) is 0 Å². The van der Waals surface area contributed by atoms with Crippen LogP contribution in [0.4, 0.5) is 0 Å². The molecule has 1 aliphatic carbocycles. The largest absolute Gasteiger partial charge is 0.391 e. The molecule has 4 heteroatoms. The third-order valence-corrected chi connectivity index (χ3v) is 4.86. The molecule has 0 aliphatic heterocycles. The number of rotatable bonds is 4. The van der Waals surface area contributed by atoms with Gasteiger partial charge in [0.05, 0.1) is 6.10 Å². The molecule has 22 heavy (non-hydrogen) atoms. The Hall–Kier alpha value is -1.81. The van der Waals surface area contributed by atoms with Gasteiger partial charge in [0.2, 0.25) is 0 Å². The number of fused-ring (bicyclic) bond motifs is 1. The van der Waals surface area contributed by atoms with E-state index >= 15 is 0 Å². The molecular weight excluding hydrogens is 276 g/mol. The molecule has 1 heterocycles. The van der Waals surface area contributed by atoms with Gasteiger partial charge in [-0.05, 0) is 50.3 Å². The summed E-state index contributed by atoms with van der Waals surface area (Å²) in [4.78, 5) is 15.6. The Morgan fingerprint density at radius 2 is 2.09 bits per heavy atom. The van der Waals surface area contributed by atoms with Crippen molar-refractivity contribution < 1.29 is 9.90 Å². The maximum Gasteiger partial charge on any atom is 0.268 e. The molecule has 1 fully saturated rings. The van der Waals surface area contributed by atoms with Gasteiger partial charge in [-0.2, -0.15) is 0 Å². The number of benzene rings is 1. The molecule has 0 spiro atoms. The van der Waals surface area contributed by atoms with Crippen LogP contribution in [0.3, 0.4) is 0 Å². The number of aromatic amines is 1. The van der Waals surface area contributed by atoms with Crippen molar-refractivity contribution in [3.8, 4) is 0 Å². The van der Waals surface area contributed by atoms with Crippen LogP contribution in [0.2, 0.25) is 0 Å². The van der Waals surface area contributed by atoms with E-state index < -0.39 is 6.10 Å². The molecule has 0 saturated heterocycles. The lowest BCUT2D eigenvalue weighted by atomic mass is 10.0. The van der Waals surface area contributed by atoms with E-state index in [9.17, 15) is 9.90 Å². The molecule has 1 atom stereocenters. The van der Waals surface area contributed by atoms with Gasteiger partial charge >= 0.3 is 0 Å². The predicted molar refractivity (Wildman–Crippen MR) is 88.1 cm³/mol. The summed E-state index contributed by atoms with van der Waals surface area (Å²) in [7, 11) is 0. The van der Waals surface area contributed by atoms with Crippen LogP contribution in [0.5, 0.6) is 0 Å². The lowest BCUT2D eigenvalue weighted by molar-refractivity contribution is 0.0837. The maximum absolute atomic E-state index is 12.4. The lowest BCUT2D eigenvalue weighted by Crippen LogP contribution is -2.36. The van der Waals surface area contributed by atoms with Crippen molar-refractivity contribution in [2.75, 3.05) is 6.54 Å². The highest BCUT2D eigenvalue weighted by atomic mass is 16.3. The zero-order valence-corrected chi connectivity index (χ0v) is 13.3. The van der Waals surface area contributed by atoms with Crippen LogP contribution in [-0.2, 0) is 0 Å². The van der Waals surface area contributed by atoms with Gasteiger partial charge in [0.25, 0.3) is 5.91 Å². The van der Waals surface area contributed by atoms with Gasteiger partial charge in [0, 0.05) is 17.4 Å². The number of carbonyl (C=O) groups excluding carboxylic acids is 1. The minimum Gasteiger partial charge on any atom is -0.391 e. The van der Waals surface area contributed by atoms with Crippen molar-refractivity contribution in [1.82, 2.24) is 10.3 Å². The normalized spacial score (nSPS) is 17.0. The summed E-state index contributed by atoms with van der Waals surface area (Å²) in [5.41, 5.74) is 3.72. The molecular formula is C18H24N2O2. The molecule has 1 saturated carbocycles. The topological polar surface area (TPSA) is 65.1 Å². The summed E-state index contributed by atoms with van der Waals surface area (Å²) < 4.78 is 0. The third kappa shape index (κ3) is 2.88. The Morgan fingerprint density at radius 3 is 2.82 bits per heavy atom. The summed E-state index contributed by atoms with van der Waals surface area (Å²) in [5.74, 6) is 0.204. The van der Waals surface area contributed by atoms with Crippen LogP contribution in [-0.4, -0.2) is 28.6 Å². The quantitative estimate of drug-likeness (QED) is 0.812. The van der Waals surface area contributed by atoms with Crippen molar-refractivity contribution in [3.05, 3.63) is 35.0 Å². The van der Waals surface area contributed by atoms with Crippen LogP contribution in [0.25, 0.3) is 10.9 Å². The molecule has 1 aromatic heterocycles. The van der Waals surface area contributed by atoms with Crippen LogP contribution in [0, 0.1) is 19.8 Å². The van der Waals surface area contributed by atoms with Crippen molar-refractivity contribution >= 4 is 16.8 Å². The number of amides is 1. The Balaban J connectivity index is 1.70. The highest BCUT2D eigenvalue weighted by molar-refractivity contribution is 6.01. The molecule has 0 radical (unpaired) electrons. The second kappa shape index (κ2) is 6.13. The van der Waals surface area contributed by atoms with Crippen molar-refractivity contribution in [1.29, 1.82) is 0 Å². The first-order chi connectivity index (χ1) is 10.6. The Bertz CT molecular complexity index is 684. The van der Waals surface area contributed by atoms with Gasteiger partial charge in [-0.25, -0.2) is 0 Å². The molecule has 4 nitrogen and oxygen atoms in total. The number of hydrogen-bond acceptors (Lipinski definition) is 2. The summed E-state index contributed by atoms with van der Waals surface area (Å²) in [5, 5.41) is 14.1. The number of H-pyrrole nitrogens is 1. The van der Waals surface area contributed by atoms with Crippen molar-refractivity contribution in [2.24, 2.45) is 5.92 Å². The number of carbonyl (C=O) groups is 1. The molecule has 118 valence electrons. The molecule has 1 aromatic carbocycles. The SMILES string of the molecule is Cc1ccc2[nH]c(C(=O)NCC(O)C3CCCC3)c(C)c2c1. The van der Waals surface area contributed by atoms with E-state index in [-0.39, 0.29) is 5.91 Å². The number of nitrogens with one attached hydrogen (secondary N) is 2. The third-order valence-electron chi connectivity index (χ3n) is 4.86. The summed E-state index contributed by atoms with van der Waals surface area (Å²) in [6.45, 7) is 4.33. The summed E-state index contributed by atoms with van der Waals surface area (Å²) in [6.07, 6.45) is 4.09. The molecule has 0 bridgehead atoms. The second-order valence-electron chi connectivity index (χ2n) is 6.50. The van der Waals surface area contributed by atoms with Crippen molar-refractivity contribution in [2.45, 2.75) is 45.6 Å². The highest BCUT2D eigenvalue weighted by Crippen LogP contribution is 2.27. The van der Waals surface area contributed by atoms with E-state index in [1.807, 2.05) is 26.0 Å². The molecule has 2 aromatic rings. The first-order valence-electron chi connectivity index (χ1n) is 8.11. The van der Waals surface area contributed by atoms with Gasteiger partial charge in [-0.3, -0.25) is 4.79 Å². The fourth-order valence-corrected chi connectivity index (χ4v) is 3.46. The number of aryl methyl sites for hydroxylation is 2. The first-order valence-corrected chi connectivity index (χ1v) is 8.11. The zero-order valence-electron chi connectivity index (χ0n) is 13.3. The molecule has 3 N–H and O–H groups in total. The number of aliphatic hydroxyl groups is 1. The van der Waals surface area contributed by atoms with Crippen LogP contribution in [0.1, 0.15) is 47.3 Å². The zero-order chi connectivity index (χ0) is 15.7. The van der Waals surface area contributed by atoms with E-state index in [1.165, 1.54) is 18.4 Å². The molecule has 1 aliphatic rings.